The van der Waals surface area contributed by atoms with Crippen LogP contribution in [0, 0.1) is 0 Å². The number of benzene rings is 2. The molecule has 2 aromatic carbocycles. The fraction of sp³-hybridized carbons (Fsp3) is 0.133. The number of carbonyl (C=O) groups excluding carboxylic acids is 1. The maximum Gasteiger partial charge on any atom is 0.573 e. The highest BCUT2D eigenvalue weighted by Crippen LogP contribution is 2.40. The molecule has 0 aromatic heterocycles. The van der Waals surface area contributed by atoms with Crippen LogP contribution in [0.5, 0.6) is 17.2 Å². The second kappa shape index (κ2) is 5.97. The summed E-state index contributed by atoms with van der Waals surface area (Å²) >= 11 is 0. The van der Waals surface area contributed by atoms with E-state index in [-0.39, 0.29) is 22.4 Å². The molecule has 0 atom stereocenters. The number of aldehydes is 1. The summed E-state index contributed by atoms with van der Waals surface area (Å²) in [5.74, 6) is -0.875. The molecule has 0 heterocycles. The summed E-state index contributed by atoms with van der Waals surface area (Å²) in [5, 5.41) is 9.94. The summed E-state index contributed by atoms with van der Waals surface area (Å²) in [7, 11) is 1.30. The second-order valence-electron chi connectivity index (χ2n) is 4.24. The summed E-state index contributed by atoms with van der Waals surface area (Å²) in [6.45, 7) is 0. The van der Waals surface area contributed by atoms with Gasteiger partial charge in [-0.05, 0) is 23.8 Å². The lowest BCUT2D eigenvalue weighted by atomic mass is 9.98. The highest BCUT2D eigenvalue weighted by molar-refractivity contribution is 5.93. The number of rotatable bonds is 4. The number of hydrogen-bond donors (Lipinski definition) is 1. The summed E-state index contributed by atoms with van der Waals surface area (Å²) < 4.78 is 46.2. The molecule has 0 unspecified atom stereocenters. The summed E-state index contributed by atoms with van der Waals surface area (Å²) in [6.07, 6.45) is -4.52. The number of halogens is 3. The largest absolute Gasteiger partial charge is 0.573 e. The quantitative estimate of drug-likeness (QED) is 0.873. The average molecular weight is 312 g/mol. The second-order valence-corrected chi connectivity index (χ2v) is 4.24. The van der Waals surface area contributed by atoms with E-state index in [9.17, 15) is 23.1 Å². The number of ether oxygens (including phenoxy) is 2. The van der Waals surface area contributed by atoms with Gasteiger partial charge in [0.15, 0.2) is 17.8 Å². The molecule has 0 bridgehead atoms. The van der Waals surface area contributed by atoms with Gasteiger partial charge in [0.2, 0.25) is 0 Å². The normalized spacial score (nSPS) is 11.1. The van der Waals surface area contributed by atoms with Crippen LogP contribution in [0.15, 0.2) is 36.4 Å². The molecule has 4 nitrogen and oxygen atoms in total. The average Bonchev–Trinajstić information content (AvgIpc) is 2.46. The first-order valence-electron chi connectivity index (χ1n) is 6.07. The molecule has 1 N–H and O–H groups in total. The molecule has 0 fully saturated rings. The Kier molecular flexibility index (Phi) is 4.25. The van der Waals surface area contributed by atoms with Gasteiger partial charge in [-0.2, -0.15) is 0 Å². The zero-order valence-electron chi connectivity index (χ0n) is 11.3. The predicted octanol–water partition coefficient (Wildman–Crippen LogP) is 3.78. The standard InChI is InChI=1S/C15H11F3O4/c1-21-13-7-6-9(11(8-19)14(13)20)10-4-2-3-5-12(10)22-15(16,17)18/h2-8,20H,1H3. The topological polar surface area (TPSA) is 55.8 Å². The van der Waals surface area contributed by atoms with E-state index in [0.29, 0.717) is 6.29 Å². The SMILES string of the molecule is COc1ccc(-c2ccccc2OC(F)(F)F)c(C=O)c1O. The number of methoxy groups -OCH3 is 1. The Morgan fingerprint density at radius 2 is 1.73 bits per heavy atom. The smallest absolute Gasteiger partial charge is 0.504 e. The third-order valence-corrected chi connectivity index (χ3v) is 2.92. The molecule has 0 saturated heterocycles. The third kappa shape index (κ3) is 3.13. The van der Waals surface area contributed by atoms with Gasteiger partial charge in [-0.15, -0.1) is 13.2 Å². The number of alkyl halides is 3. The highest BCUT2D eigenvalue weighted by atomic mass is 19.4. The minimum Gasteiger partial charge on any atom is -0.504 e. The van der Waals surface area contributed by atoms with Gasteiger partial charge in [0.25, 0.3) is 0 Å². The number of hydrogen-bond acceptors (Lipinski definition) is 4. The van der Waals surface area contributed by atoms with E-state index in [4.69, 9.17) is 4.74 Å². The van der Waals surface area contributed by atoms with E-state index in [2.05, 4.69) is 4.74 Å². The van der Waals surface area contributed by atoms with Crippen LogP contribution < -0.4 is 9.47 Å². The minimum atomic E-state index is -4.87. The van der Waals surface area contributed by atoms with Crippen molar-refractivity contribution in [2.45, 2.75) is 6.36 Å². The molecule has 0 radical (unpaired) electrons. The van der Waals surface area contributed by atoms with Gasteiger partial charge in [0.1, 0.15) is 5.75 Å². The maximum absolute atomic E-state index is 12.5. The number of phenolic OH excluding ortho intramolecular Hbond substituents is 1. The van der Waals surface area contributed by atoms with E-state index >= 15 is 0 Å². The van der Waals surface area contributed by atoms with Crippen molar-refractivity contribution in [3.8, 4) is 28.4 Å². The Morgan fingerprint density at radius 3 is 2.32 bits per heavy atom. The maximum atomic E-state index is 12.5. The molecule has 0 aliphatic carbocycles. The third-order valence-electron chi connectivity index (χ3n) is 2.92. The van der Waals surface area contributed by atoms with Crippen molar-refractivity contribution in [2.75, 3.05) is 7.11 Å². The fourth-order valence-electron chi connectivity index (χ4n) is 2.01. The lowest BCUT2D eigenvalue weighted by molar-refractivity contribution is -0.274. The van der Waals surface area contributed by atoms with Crippen LogP contribution >= 0.6 is 0 Å². The van der Waals surface area contributed by atoms with E-state index in [1.165, 1.54) is 37.4 Å². The highest BCUT2D eigenvalue weighted by Gasteiger charge is 2.32. The first-order valence-corrected chi connectivity index (χ1v) is 6.07. The molecule has 7 heteroatoms. The number of carbonyl (C=O) groups is 1. The van der Waals surface area contributed by atoms with Crippen LogP contribution in [0.2, 0.25) is 0 Å². The lowest BCUT2D eigenvalue weighted by Crippen LogP contribution is -2.17. The van der Waals surface area contributed by atoms with Gasteiger partial charge >= 0.3 is 6.36 Å². The number of phenols is 1. The Bertz CT molecular complexity index is 696. The molecule has 0 aliphatic rings. The van der Waals surface area contributed by atoms with Gasteiger partial charge < -0.3 is 14.6 Å². The van der Waals surface area contributed by atoms with Crippen LogP contribution in [0.1, 0.15) is 10.4 Å². The first kappa shape index (κ1) is 15.7. The zero-order chi connectivity index (χ0) is 16.3. The van der Waals surface area contributed by atoms with Crippen molar-refractivity contribution in [1.29, 1.82) is 0 Å². The monoisotopic (exact) mass is 312 g/mol. The van der Waals surface area contributed by atoms with Crippen LogP contribution in [0.25, 0.3) is 11.1 Å². The number of aromatic hydroxyl groups is 1. The van der Waals surface area contributed by atoms with Crippen molar-refractivity contribution in [2.24, 2.45) is 0 Å². The van der Waals surface area contributed by atoms with Gasteiger partial charge in [0, 0.05) is 5.56 Å². The lowest BCUT2D eigenvalue weighted by Gasteiger charge is -2.15. The first-order chi connectivity index (χ1) is 10.4. The molecule has 116 valence electrons. The van der Waals surface area contributed by atoms with E-state index < -0.39 is 17.9 Å². The molecule has 0 spiro atoms. The molecule has 22 heavy (non-hydrogen) atoms. The molecule has 0 saturated carbocycles. The molecule has 0 amide bonds. The number of para-hydroxylation sites is 1. The van der Waals surface area contributed by atoms with Crippen LogP contribution in [0.4, 0.5) is 13.2 Å². The fourth-order valence-corrected chi connectivity index (χ4v) is 2.01. The predicted molar refractivity (Wildman–Crippen MR) is 72.2 cm³/mol. The Hall–Kier alpha value is -2.70. The summed E-state index contributed by atoms with van der Waals surface area (Å²) in [4.78, 5) is 11.2. The van der Waals surface area contributed by atoms with Crippen LogP contribution in [0.3, 0.4) is 0 Å². The van der Waals surface area contributed by atoms with Crippen LogP contribution in [-0.4, -0.2) is 24.9 Å². The Balaban J connectivity index is 2.62. The summed E-state index contributed by atoms with van der Waals surface area (Å²) in [5.41, 5.74) is -0.0504. The molecular weight excluding hydrogens is 301 g/mol. The minimum absolute atomic E-state index is 0.0277. The van der Waals surface area contributed by atoms with Crippen molar-refractivity contribution in [3.63, 3.8) is 0 Å². The Morgan fingerprint density at radius 1 is 1.05 bits per heavy atom. The zero-order valence-corrected chi connectivity index (χ0v) is 11.3. The van der Waals surface area contributed by atoms with E-state index in [0.717, 1.165) is 6.07 Å². The molecule has 2 rings (SSSR count). The van der Waals surface area contributed by atoms with Crippen molar-refractivity contribution < 1.29 is 32.5 Å². The van der Waals surface area contributed by atoms with E-state index in [1.54, 1.807) is 0 Å². The van der Waals surface area contributed by atoms with E-state index in [1.807, 2.05) is 0 Å². The molecule has 2 aromatic rings. The van der Waals surface area contributed by atoms with Gasteiger partial charge in [-0.1, -0.05) is 18.2 Å². The van der Waals surface area contributed by atoms with Crippen molar-refractivity contribution in [3.05, 3.63) is 42.0 Å². The van der Waals surface area contributed by atoms with Crippen molar-refractivity contribution in [1.82, 2.24) is 0 Å². The van der Waals surface area contributed by atoms with Gasteiger partial charge in [-0.25, -0.2) is 0 Å². The summed E-state index contributed by atoms with van der Waals surface area (Å²) in [6, 6.07) is 8.07. The van der Waals surface area contributed by atoms with Gasteiger partial charge in [0.05, 0.1) is 12.7 Å². The molecule has 0 aliphatic heterocycles. The molecular formula is C15H11F3O4. The van der Waals surface area contributed by atoms with Crippen LogP contribution in [-0.2, 0) is 0 Å². The van der Waals surface area contributed by atoms with Gasteiger partial charge in [-0.3, -0.25) is 4.79 Å². The Labute approximate surface area is 123 Å². The van der Waals surface area contributed by atoms with Crippen molar-refractivity contribution >= 4 is 6.29 Å².